The van der Waals surface area contributed by atoms with Gasteiger partial charge in [0.25, 0.3) is 0 Å². The number of nitrogens with zero attached hydrogens (tertiary/aromatic N) is 1. The lowest BCUT2D eigenvalue weighted by Gasteiger charge is -2.40. The van der Waals surface area contributed by atoms with Gasteiger partial charge in [0.2, 0.25) is 0 Å². The van der Waals surface area contributed by atoms with Gasteiger partial charge >= 0.3 is 0 Å². The van der Waals surface area contributed by atoms with Gasteiger partial charge in [0, 0.05) is 23.3 Å². The van der Waals surface area contributed by atoms with Gasteiger partial charge in [-0.15, -0.1) is 0 Å². The molecule has 1 aromatic carbocycles. The molecule has 1 saturated carbocycles. The van der Waals surface area contributed by atoms with Crippen LogP contribution in [-0.4, -0.2) is 12.1 Å². The molecule has 1 fully saturated rings. The summed E-state index contributed by atoms with van der Waals surface area (Å²) < 4.78 is 0. The summed E-state index contributed by atoms with van der Waals surface area (Å²) in [4.78, 5) is 2.60. The lowest BCUT2D eigenvalue weighted by atomic mass is 9.71. The second-order valence-electron chi connectivity index (χ2n) is 15.6. The maximum Gasteiger partial charge on any atom is 0.0447 e. The van der Waals surface area contributed by atoms with Gasteiger partial charge < -0.3 is 4.90 Å². The molecule has 0 spiro atoms. The number of aryl methyl sites for hydroxylation is 1. The lowest BCUT2D eigenvalue weighted by Crippen LogP contribution is -2.42. The summed E-state index contributed by atoms with van der Waals surface area (Å²) >= 11 is 0. The molecule has 39 heavy (non-hydrogen) atoms. The van der Waals surface area contributed by atoms with Gasteiger partial charge in [-0.05, 0) is 118 Å². The Balaban J connectivity index is 1.99. The van der Waals surface area contributed by atoms with E-state index in [1.807, 2.05) is 0 Å². The Labute approximate surface area is 240 Å². The third-order valence-corrected chi connectivity index (χ3v) is 9.37. The van der Waals surface area contributed by atoms with Crippen molar-refractivity contribution in [3.05, 3.63) is 82.5 Å². The average molecular weight is 526 g/mol. The van der Waals surface area contributed by atoms with Crippen LogP contribution in [0.3, 0.4) is 0 Å². The highest BCUT2D eigenvalue weighted by molar-refractivity contribution is 5.82. The van der Waals surface area contributed by atoms with Gasteiger partial charge in [-0.1, -0.05) is 95.2 Å². The third kappa shape index (κ3) is 5.66. The predicted molar refractivity (Wildman–Crippen MR) is 173 cm³/mol. The van der Waals surface area contributed by atoms with Crippen molar-refractivity contribution in [2.75, 3.05) is 11.4 Å². The minimum atomic E-state index is 0.0476. The van der Waals surface area contributed by atoms with Crippen molar-refractivity contribution in [3.8, 4) is 0 Å². The van der Waals surface area contributed by atoms with Crippen molar-refractivity contribution in [2.24, 2.45) is 40.4 Å². The second kappa shape index (κ2) is 10.3. The van der Waals surface area contributed by atoms with Crippen LogP contribution in [0.25, 0.3) is 5.57 Å². The Morgan fingerprint density at radius 3 is 1.62 bits per heavy atom. The van der Waals surface area contributed by atoms with E-state index in [0.717, 1.165) is 6.54 Å². The number of hydrogen-bond acceptors (Lipinski definition) is 1. The van der Waals surface area contributed by atoms with E-state index in [2.05, 4.69) is 150 Å². The van der Waals surface area contributed by atoms with Crippen LogP contribution in [0.5, 0.6) is 0 Å². The molecule has 3 aliphatic rings. The number of hydrogen-bond donors (Lipinski definition) is 0. The first kappa shape index (κ1) is 29.7. The number of anilines is 1. The van der Waals surface area contributed by atoms with Crippen LogP contribution in [0.1, 0.15) is 94.2 Å². The van der Waals surface area contributed by atoms with Gasteiger partial charge in [-0.3, -0.25) is 0 Å². The third-order valence-electron chi connectivity index (χ3n) is 9.37. The summed E-state index contributed by atoms with van der Waals surface area (Å²) in [5.74, 6) is 2.49. The maximum atomic E-state index is 2.67. The molecule has 1 aromatic rings. The van der Waals surface area contributed by atoms with E-state index in [4.69, 9.17) is 0 Å². The maximum absolute atomic E-state index is 2.67. The molecule has 0 aromatic heterocycles. The van der Waals surface area contributed by atoms with Gasteiger partial charge in [-0.25, -0.2) is 0 Å². The van der Waals surface area contributed by atoms with Crippen molar-refractivity contribution in [1.29, 1.82) is 0 Å². The molecule has 0 aliphatic heterocycles. The van der Waals surface area contributed by atoms with Crippen LogP contribution in [0.4, 0.5) is 5.69 Å². The number of rotatable bonds is 4. The SMILES string of the molecule is CCN(c1ccc(C)cc1C(=C(C)C)C1C2C=C(C(C)(C)C)C=CC2C2C=CC(C(C)(C)C)=CC21)C(C)(C)C. The smallest absolute Gasteiger partial charge is 0.0447 e. The standard InChI is InChI=1S/C38H55N/c1-14-39(38(11,12)13)33-20-15-25(4)21-32(33)34(24(2)3)35-30-22-26(36(5,6)7)16-18-28(30)29-19-17-27(23-31(29)35)37(8,9)10/h15-23,28-31,35H,14H2,1-13H3. The summed E-state index contributed by atoms with van der Waals surface area (Å²) in [6.45, 7) is 31.5. The fourth-order valence-electron chi connectivity index (χ4n) is 7.42. The van der Waals surface area contributed by atoms with Crippen LogP contribution in [-0.2, 0) is 0 Å². The van der Waals surface area contributed by atoms with Gasteiger partial charge in [0.15, 0.2) is 0 Å². The topological polar surface area (TPSA) is 3.24 Å². The van der Waals surface area contributed by atoms with Crippen molar-refractivity contribution in [3.63, 3.8) is 0 Å². The van der Waals surface area contributed by atoms with Gasteiger partial charge in [0.05, 0.1) is 0 Å². The quantitative estimate of drug-likeness (QED) is 0.378. The largest absolute Gasteiger partial charge is 0.366 e. The summed E-state index contributed by atoms with van der Waals surface area (Å²) in [5, 5.41) is 0. The molecule has 0 radical (unpaired) electrons. The van der Waals surface area contributed by atoms with E-state index in [1.165, 1.54) is 33.5 Å². The zero-order chi connectivity index (χ0) is 29.1. The number of allylic oxidation sites excluding steroid dienone is 10. The molecular weight excluding hydrogens is 470 g/mol. The molecule has 0 saturated heterocycles. The molecule has 3 aliphatic carbocycles. The van der Waals surface area contributed by atoms with Crippen LogP contribution in [0.2, 0.25) is 0 Å². The van der Waals surface area contributed by atoms with Crippen molar-refractivity contribution in [1.82, 2.24) is 0 Å². The predicted octanol–water partition coefficient (Wildman–Crippen LogP) is 10.6. The minimum absolute atomic E-state index is 0.0476. The fourth-order valence-corrected chi connectivity index (χ4v) is 7.42. The first-order valence-corrected chi connectivity index (χ1v) is 15.3. The highest BCUT2D eigenvalue weighted by Crippen LogP contribution is 2.59. The Morgan fingerprint density at radius 2 is 1.23 bits per heavy atom. The van der Waals surface area contributed by atoms with Gasteiger partial charge in [-0.2, -0.15) is 0 Å². The molecule has 4 rings (SSSR count). The molecule has 0 amide bonds. The Hall–Kier alpha value is -2.28. The summed E-state index contributed by atoms with van der Waals surface area (Å²) in [6, 6.07) is 7.17. The van der Waals surface area contributed by atoms with E-state index >= 15 is 0 Å². The molecule has 4 atom stereocenters. The van der Waals surface area contributed by atoms with E-state index in [-0.39, 0.29) is 16.4 Å². The fraction of sp³-hybridized carbons (Fsp3) is 0.579. The molecular formula is C38H55N. The second-order valence-corrected chi connectivity index (χ2v) is 15.6. The number of benzene rings is 1. The zero-order valence-electron chi connectivity index (χ0n) is 27.2. The highest BCUT2D eigenvalue weighted by Gasteiger charge is 2.51. The van der Waals surface area contributed by atoms with Crippen LogP contribution in [0.15, 0.2) is 71.4 Å². The van der Waals surface area contributed by atoms with E-state index < -0.39 is 0 Å². The summed E-state index contributed by atoms with van der Waals surface area (Å²) in [5.41, 5.74) is 10.5. The van der Waals surface area contributed by atoms with Crippen LogP contribution in [0, 0.1) is 47.3 Å². The van der Waals surface area contributed by atoms with Crippen molar-refractivity contribution >= 4 is 11.3 Å². The van der Waals surface area contributed by atoms with E-state index in [9.17, 15) is 0 Å². The number of fused-ring (bicyclic) bond motifs is 3. The molecule has 0 bridgehead atoms. The highest BCUT2D eigenvalue weighted by atomic mass is 15.2. The monoisotopic (exact) mass is 525 g/mol. The minimum Gasteiger partial charge on any atom is -0.366 e. The summed E-state index contributed by atoms with van der Waals surface area (Å²) in [7, 11) is 0. The zero-order valence-corrected chi connectivity index (χ0v) is 27.2. The first-order valence-electron chi connectivity index (χ1n) is 15.3. The van der Waals surface area contributed by atoms with Crippen LogP contribution < -0.4 is 4.90 Å². The van der Waals surface area contributed by atoms with Crippen molar-refractivity contribution in [2.45, 2.75) is 95.5 Å². The van der Waals surface area contributed by atoms with Crippen molar-refractivity contribution < 1.29 is 0 Å². The molecule has 0 heterocycles. The Morgan fingerprint density at radius 1 is 0.744 bits per heavy atom. The van der Waals surface area contributed by atoms with E-state index in [1.54, 1.807) is 5.57 Å². The van der Waals surface area contributed by atoms with Crippen LogP contribution >= 0.6 is 0 Å². The van der Waals surface area contributed by atoms with E-state index in [0.29, 0.717) is 29.6 Å². The summed E-state index contributed by atoms with van der Waals surface area (Å²) in [6.07, 6.45) is 15.4. The van der Waals surface area contributed by atoms with Gasteiger partial charge in [0.1, 0.15) is 0 Å². The Bertz CT molecular complexity index is 1180. The molecule has 1 nitrogen and oxygen atoms in total. The Kier molecular flexibility index (Phi) is 7.83. The molecule has 1 heteroatoms. The molecule has 4 unspecified atom stereocenters. The lowest BCUT2D eigenvalue weighted by molar-refractivity contribution is 0.433. The first-order chi connectivity index (χ1) is 17.9. The average Bonchev–Trinajstić information content (AvgIpc) is 3.12. The normalized spacial score (nSPS) is 26.5. The molecule has 212 valence electrons. The molecule has 0 N–H and O–H groups in total.